The second-order valence-electron chi connectivity index (χ2n) is 3.30. The Labute approximate surface area is 105 Å². The Hall–Kier alpha value is -0.880. The number of halogens is 4. The maximum Gasteiger partial charge on any atom is 0.417 e. The monoisotopic (exact) mass is 283 g/mol. The van der Waals surface area contributed by atoms with Crippen LogP contribution in [0.5, 0.6) is 0 Å². The Morgan fingerprint density at radius 2 is 2.06 bits per heavy atom. The standard InChI is InChI=1S/C10H9ClF3NOS/c1-5(9(15)16)17-6-2-3-8(11)7(4-6)10(12,13)14/h2-5H,1H3,(H2,15,16)/t5-/m0/s1. The van der Waals surface area contributed by atoms with Gasteiger partial charge in [0.15, 0.2) is 0 Å². The molecule has 1 atom stereocenters. The zero-order valence-corrected chi connectivity index (χ0v) is 10.3. The topological polar surface area (TPSA) is 43.1 Å². The van der Waals surface area contributed by atoms with Crippen LogP contribution in [0.1, 0.15) is 12.5 Å². The zero-order chi connectivity index (χ0) is 13.2. The van der Waals surface area contributed by atoms with Gasteiger partial charge in [0, 0.05) is 4.90 Å². The number of hydrogen-bond donors (Lipinski definition) is 1. The van der Waals surface area contributed by atoms with Crippen LogP contribution in [0, 0.1) is 0 Å². The lowest BCUT2D eigenvalue weighted by atomic mass is 10.2. The first kappa shape index (κ1) is 14.2. The second-order valence-corrected chi connectivity index (χ2v) is 5.12. The third-order valence-corrected chi connectivity index (χ3v) is 3.40. The Kier molecular flexibility index (Phi) is 4.32. The number of carbonyl (C=O) groups is 1. The molecule has 0 aliphatic heterocycles. The van der Waals surface area contributed by atoms with Crippen LogP contribution in [-0.4, -0.2) is 11.2 Å². The molecule has 0 aliphatic carbocycles. The van der Waals surface area contributed by atoms with Crippen molar-refractivity contribution in [2.75, 3.05) is 0 Å². The summed E-state index contributed by atoms with van der Waals surface area (Å²) in [7, 11) is 0. The Balaban J connectivity index is 3.01. The van der Waals surface area contributed by atoms with E-state index in [-0.39, 0.29) is 5.02 Å². The van der Waals surface area contributed by atoms with Crippen LogP contribution in [0.15, 0.2) is 23.1 Å². The number of carbonyl (C=O) groups excluding carboxylic acids is 1. The molecule has 0 bridgehead atoms. The van der Waals surface area contributed by atoms with Crippen molar-refractivity contribution in [3.8, 4) is 0 Å². The van der Waals surface area contributed by atoms with Crippen molar-refractivity contribution in [1.29, 1.82) is 0 Å². The summed E-state index contributed by atoms with van der Waals surface area (Å²) in [6.07, 6.45) is -4.51. The van der Waals surface area contributed by atoms with Gasteiger partial charge in [-0.3, -0.25) is 4.79 Å². The molecule has 1 rings (SSSR count). The van der Waals surface area contributed by atoms with Crippen LogP contribution in [0.2, 0.25) is 5.02 Å². The van der Waals surface area contributed by atoms with E-state index in [1.54, 1.807) is 0 Å². The van der Waals surface area contributed by atoms with Crippen LogP contribution >= 0.6 is 23.4 Å². The molecular weight excluding hydrogens is 275 g/mol. The molecule has 7 heteroatoms. The van der Waals surface area contributed by atoms with Crippen LogP contribution in [-0.2, 0) is 11.0 Å². The summed E-state index contributed by atoms with van der Waals surface area (Å²) < 4.78 is 37.6. The second kappa shape index (κ2) is 5.18. The minimum atomic E-state index is -4.51. The molecule has 0 saturated heterocycles. The SMILES string of the molecule is C[C@H](Sc1ccc(Cl)c(C(F)(F)F)c1)C(N)=O. The minimum absolute atomic E-state index is 0.299. The summed E-state index contributed by atoms with van der Waals surface area (Å²) in [6.45, 7) is 1.52. The van der Waals surface area contributed by atoms with Gasteiger partial charge in [-0.05, 0) is 25.1 Å². The number of thioether (sulfide) groups is 1. The van der Waals surface area contributed by atoms with E-state index in [1.165, 1.54) is 13.0 Å². The van der Waals surface area contributed by atoms with Crippen LogP contribution in [0.3, 0.4) is 0 Å². The highest BCUT2D eigenvalue weighted by Crippen LogP contribution is 2.37. The van der Waals surface area contributed by atoms with E-state index in [0.717, 1.165) is 23.9 Å². The first-order chi connectivity index (χ1) is 7.71. The molecule has 0 heterocycles. The summed E-state index contributed by atoms with van der Waals surface area (Å²) in [5, 5.41) is -0.967. The molecule has 1 aromatic carbocycles. The summed E-state index contributed by atoms with van der Waals surface area (Å²) in [5.74, 6) is -0.585. The molecule has 0 fully saturated rings. The maximum absolute atomic E-state index is 12.5. The van der Waals surface area contributed by atoms with Gasteiger partial charge >= 0.3 is 6.18 Å². The van der Waals surface area contributed by atoms with E-state index < -0.39 is 22.9 Å². The molecule has 2 N–H and O–H groups in total. The normalized spacial score (nSPS) is 13.5. The van der Waals surface area contributed by atoms with Crippen molar-refractivity contribution >= 4 is 29.3 Å². The fourth-order valence-corrected chi connectivity index (χ4v) is 2.14. The highest BCUT2D eigenvalue weighted by Gasteiger charge is 2.33. The van der Waals surface area contributed by atoms with Gasteiger partial charge in [-0.25, -0.2) is 0 Å². The maximum atomic E-state index is 12.5. The number of hydrogen-bond acceptors (Lipinski definition) is 2. The van der Waals surface area contributed by atoms with Crippen molar-refractivity contribution in [3.05, 3.63) is 28.8 Å². The van der Waals surface area contributed by atoms with Crippen LogP contribution in [0.4, 0.5) is 13.2 Å². The Morgan fingerprint density at radius 3 is 2.53 bits per heavy atom. The highest BCUT2D eigenvalue weighted by atomic mass is 35.5. The van der Waals surface area contributed by atoms with E-state index in [1.807, 2.05) is 0 Å². The smallest absolute Gasteiger partial charge is 0.369 e. The van der Waals surface area contributed by atoms with Gasteiger partial charge in [0.05, 0.1) is 15.8 Å². The van der Waals surface area contributed by atoms with Gasteiger partial charge in [-0.15, -0.1) is 11.8 Å². The first-order valence-electron chi connectivity index (χ1n) is 4.54. The molecule has 17 heavy (non-hydrogen) atoms. The van der Waals surface area contributed by atoms with Gasteiger partial charge in [-0.1, -0.05) is 11.6 Å². The summed E-state index contributed by atoms with van der Waals surface area (Å²) in [4.78, 5) is 11.1. The average Bonchev–Trinajstić information content (AvgIpc) is 2.19. The predicted molar refractivity (Wildman–Crippen MR) is 61.0 cm³/mol. The quantitative estimate of drug-likeness (QED) is 0.865. The van der Waals surface area contributed by atoms with Gasteiger partial charge in [0.1, 0.15) is 0 Å². The number of primary amides is 1. The van der Waals surface area contributed by atoms with E-state index in [0.29, 0.717) is 4.90 Å². The zero-order valence-electron chi connectivity index (χ0n) is 8.72. The molecule has 1 amide bonds. The van der Waals surface area contributed by atoms with Crippen molar-refractivity contribution in [3.63, 3.8) is 0 Å². The lowest BCUT2D eigenvalue weighted by Crippen LogP contribution is -2.22. The fourth-order valence-electron chi connectivity index (χ4n) is 1.06. The molecule has 0 unspecified atom stereocenters. The lowest BCUT2D eigenvalue weighted by molar-refractivity contribution is -0.137. The molecule has 0 spiro atoms. The predicted octanol–water partition coefficient (Wildman–Crippen LogP) is 3.32. The number of rotatable bonds is 3. The summed E-state index contributed by atoms with van der Waals surface area (Å²) in [5.41, 5.74) is 4.11. The van der Waals surface area contributed by atoms with E-state index >= 15 is 0 Å². The number of alkyl halides is 3. The highest BCUT2D eigenvalue weighted by molar-refractivity contribution is 8.00. The third-order valence-electron chi connectivity index (χ3n) is 1.96. The van der Waals surface area contributed by atoms with E-state index in [4.69, 9.17) is 17.3 Å². The molecule has 94 valence electrons. The molecule has 0 aromatic heterocycles. The molecule has 2 nitrogen and oxygen atoms in total. The molecule has 1 aromatic rings. The number of nitrogens with two attached hydrogens (primary N) is 1. The van der Waals surface area contributed by atoms with Gasteiger partial charge in [0.25, 0.3) is 0 Å². The average molecular weight is 284 g/mol. The lowest BCUT2D eigenvalue weighted by Gasteiger charge is -2.12. The Morgan fingerprint density at radius 1 is 1.47 bits per heavy atom. The number of benzene rings is 1. The number of amides is 1. The van der Waals surface area contributed by atoms with Crippen molar-refractivity contribution < 1.29 is 18.0 Å². The molecule has 0 aliphatic rings. The van der Waals surface area contributed by atoms with Crippen LogP contribution in [0.25, 0.3) is 0 Å². The van der Waals surface area contributed by atoms with Gasteiger partial charge < -0.3 is 5.73 Å². The minimum Gasteiger partial charge on any atom is -0.369 e. The van der Waals surface area contributed by atoms with Crippen molar-refractivity contribution in [2.24, 2.45) is 5.73 Å². The fraction of sp³-hybridized carbons (Fsp3) is 0.300. The van der Waals surface area contributed by atoms with Crippen molar-refractivity contribution in [1.82, 2.24) is 0 Å². The molecular formula is C10H9ClF3NOS. The van der Waals surface area contributed by atoms with Crippen molar-refractivity contribution in [2.45, 2.75) is 23.2 Å². The van der Waals surface area contributed by atoms with Gasteiger partial charge in [0.2, 0.25) is 5.91 Å². The van der Waals surface area contributed by atoms with E-state index in [2.05, 4.69) is 0 Å². The Bertz CT molecular complexity index is 436. The molecule has 0 saturated carbocycles. The molecule has 0 radical (unpaired) electrons. The van der Waals surface area contributed by atoms with E-state index in [9.17, 15) is 18.0 Å². The van der Waals surface area contributed by atoms with Gasteiger partial charge in [-0.2, -0.15) is 13.2 Å². The summed E-state index contributed by atoms with van der Waals surface area (Å²) in [6, 6.07) is 3.48. The first-order valence-corrected chi connectivity index (χ1v) is 5.80. The largest absolute Gasteiger partial charge is 0.417 e. The third kappa shape index (κ3) is 3.81. The van der Waals surface area contributed by atoms with Crippen LogP contribution < -0.4 is 5.73 Å². The summed E-state index contributed by atoms with van der Waals surface area (Å²) >= 11 is 6.42.